The van der Waals surface area contributed by atoms with E-state index in [9.17, 15) is 0 Å². The first-order chi connectivity index (χ1) is 24.6. The molecule has 0 atom stereocenters. The Hall–Kier alpha value is -2.58. The van der Waals surface area contributed by atoms with Gasteiger partial charge in [0.2, 0.25) is 0 Å². The summed E-state index contributed by atoms with van der Waals surface area (Å²) in [6.45, 7) is 33.9. The molecule has 4 rings (SSSR count). The number of hydrogen-bond acceptors (Lipinski definition) is 0. The highest BCUT2D eigenvalue weighted by molar-refractivity contribution is 9.10. The Bertz CT molecular complexity index is 1120. The average Bonchev–Trinajstić information content (AvgIpc) is 3.18. The highest BCUT2D eigenvalue weighted by Gasteiger charge is 2.23. The third-order valence-corrected chi connectivity index (χ3v) is 7.62. The number of benzene rings is 4. The van der Waals surface area contributed by atoms with E-state index in [1.807, 2.05) is 53.7 Å². The van der Waals surface area contributed by atoms with Crippen LogP contribution in [0.25, 0.3) is 22.3 Å². The topological polar surface area (TPSA) is 0 Å². The molecule has 0 aliphatic carbocycles. The van der Waals surface area contributed by atoms with Crippen LogP contribution in [-0.4, -0.2) is 7.85 Å². The molecule has 0 heterocycles. The first-order valence-electron chi connectivity index (χ1n) is 20.4. The molecule has 4 aromatic rings. The Kier molecular flexibility index (Phi) is 41.8. The van der Waals surface area contributed by atoms with E-state index in [1.165, 1.54) is 84.7 Å². The average molecular weight is 760 g/mol. The number of halogens is 1. The fourth-order valence-corrected chi connectivity index (χ4v) is 4.41. The molecule has 0 aliphatic rings. The van der Waals surface area contributed by atoms with Gasteiger partial charge in [0, 0.05) is 9.89 Å². The van der Waals surface area contributed by atoms with Crippen molar-refractivity contribution in [2.45, 2.75) is 168 Å². The highest BCUT2D eigenvalue weighted by atomic mass is 79.9. The van der Waals surface area contributed by atoms with Crippen molar-refractivity contribution in [2.24, 2.45) is 0 Å². The lowest BCUT2D eigenvalue weighted by Gasteiger charge is -2.26. The SMILES string of the molecule is CC.CC.CC.CCC.CCC.CCCC.CCCCCC.[B]c1ccc(-c2ccc(C(C)(C)c3ccc(-c4ccc(Br)cc4)cc3)cc2)cc1. The number of hydrogen-bond donors (Lipinski definition) is 0. The molecule has 0 saturated carbocycles. The van der Waals surface area contributed by atoms with Crippen LogP contribution in [0.1, 0.15) is 173 Å². The summed E-state index contributed by atoms with van der Waals surface area (Å²) < 4.78 is 1.10. The molecule has 0 aliphatic heterocycles. The molecule has 0 N–H and O–H groups in total. The summed E-state index contributed by atoms with van der Waals surface area (Å²) in [4.78, 5) is 0. The fourth-order valence-electron chi connectivity index (χ4n) is 4.14. The monoisotopic (exact) mass is 759 g/mol. The molecule has 286 valence electrons. The van der Waals surface area contributed by atoms with Gasteiger partial charge in [-0.3, -0.25) is 0 Å². The molecule has 2 radical (unpaired) electrons. The molecular weight excluding hydrogens is 679 g/mol. The Morgan fingerprint density at radius 3 is 0.882 bits per heavy atom. The van der Waals surface area contributed by atoms with Gasteiger partial charge in [-0.25, -0.2) is 0 Å². The van der Waals surface area contributed by atoms with Gasteiger partial charge in [0.05, 0.1) is 0 Å². The molecule has 0 amide bonds. The van der Waals surface area contributed by atoms with Gasteiger partial charge in [0.1, 0.15) is 7.85 Å². The molecule has 0 saturated heterocycles. The van der Waals surface area contributed by atoms with Gasteiger partial charge in [-0.1, -0.05) is 268 Å². The second kappa shape index (κ2) is 38.7. The molecule has 0 bridgehead atoms. The largest absolute Gasteiger partial charge is 0.113 e. The molecule has 0 unspecified atom stereocenters. The number of rotatable bonds is 8. The van der Waals surface area contributed by atoms with Crippen molar-refractivity contribution in [1.29, 1.82) is 0 Å². The van der Waals surface area contributed by atoms with E-state index in [1.54, 1.807) is 0 Å². The second-order valence-electron chi connectivity index (χ2n) is 12.0. The first kappa shape index (κ1) is 55.2. The first-order valence-corrected chi connectivity index (χ1v) is 21.2. The van der Waals surface area contributed by atoms with E-state index in [0.717, 1.165) is 9.94 Å². The van der Waals surface area contributed by atoms with Gasteiger partial charge in [-0.05, 0) is 45.5 Å². The zero-order valence-electron chi connectivity index (χ0n) is 36.3. The van der Waals surface area contributed by atoms with Crippen LogP contribution in [0.4, 0.5) is 0 Å². The smallest absolute Gasteiger partial charge is 0.0966 e. The minimum atomic E-state index is -0.0715. The maximum atomic E-state index is 5.80. The lowest BCUT2D eigenvalue weighted by atomic mass is 9.77. The summed E-state index contributed by atoms with van der Waals surface area (Å²) in [5, 5.41) is 0. The van der Waals surface area contributed by atoms with E-state index in [2.05, 4.69) is 170 Å². The van der Waals surface area contributed by atoms with E-state index >= 15 is 0 Å². The van der Waals surface area contributed by atoms with E-state index in [-0.39, 0.29) is 5.41 Å². The van der Waals surface area contributed by atoms with Gasteiger partial charge in [-0.2, -0.15) is 0 Å². The maximum Gasteiger partial charge on any atom is 0.113 e. The highest BCUT2D eigenvalue weighted by Crippen LogP contribution is 2.34. The molecular formula is C49H80BBr. The zero-order valence-corrected chi connectivity index (χ0v) is 37.9. The van der Waals surface area contributed by atoms with Crippen LogP contribution < -0.4 is 5.46 Å². The quantitative estimate of drug-likeness (QED) is 0.124. The molecule has 51 heavy (non-hydrogen) atoms. The van der Waals surface area contributed by atoms with Gasteiger partial charge in [0.15, 0.2) is 0 Å². The lowest BCUT2D eigenvalue weighted by Crippen LogP contribution is -2.18. The third kappa shape index (κ3) is 25.9. The van der Waals surface area contributed by atoms with E-state index < -0.39 is 0 Å². The standard InChI is InChI=1S/C27H22BBr.C6H14.C4H10.2C3H8.3C2H6/c1-27(2,23-11-3-19(4-12-23)21-7-15-25(28)16-8-21)24-13-5-20(6-14-24)22-9-17-26(29)18-10-22;1-3-5-6-4-2;1-3-4-2;2*1-3-2;3*1-2/h3-18H,1-2H3;3-6H2,1-2H3;3-4H2,1-2H3;2*3H2,1-2H3;3*1-2H3. The van der Waals surface area contributed by atoms with Crippen molar-refractivity contribution in [2.75, 3.05) is 0 Å². The van der Waals surface area contributed by atoms with Crippen LogP contribution in [0.3, 0.4) is 0 Å². The summed E-state index contributed by atoms with van der Waals surface area (Å²) >= 11 is 3.50. The Morgan fingerprint density at radius 2 is 0.647 bits per heavy atom. The summed E-state index contributed by atoms with van der Waals surface area (Å²) in [6.07, 6.45) is 10.7. The minimum Gasteiger partial charge on any atom is -0.0966 e. The molecule has 0 spiro atoms. The van der Waals surface area contributed by atoms with Gasteiger partial charge < -0.3 is 0 Å². The summed E-state index contributed by atoms with van der Waals surface area (Å²) in [7, 11) is 5.80. The van der Waals surface area contributed by atoms with Gasteiger partial charge >= 0.3 is 0 Å². The van der Waals surface area contributed by atoms with Crippen LogP contribution in [0.5, 0.6) is 0 Å². The van der Waals surface area contributed by atoms with Crippen molar-refractivity contribution < 1.29 is 0 Å². The number of unbranched alkanes of at least 4 members (excludes halogenated alkanes) is 4. The van der Waals surface area contributed by atoms with E-state index in [0.29, 0.717) is 0 Å². The normalized spacial score (nSPS) is 9.20. The Morgan fingerprint density at radius 1 is 0.412 bits per heavy atom. The molecule has 0 nitrogen and oxygen atoms in total. The zero-order chi connectivity index (χ0) is 40.1. The lowest BCUT2D eigenvalue weighted by molar-refractivity contribution is 0.641. The van der Waals surface area contributed by atoms with E-state index in [4.69, 9.17) is 7.85 Å². The summed E-state index contributed by atoms with van der Waals surface area (Å²) in [5.41, 5.74) is 8.17. The van der Waals surface area contributed by atoms with Gasteiger partial charge in [0.25, 0.3) is 0 Å². The molecule has 0 fully saturated rings. The fraction of sp³-hybridized carbons (Fsp3) is 0.510. The Labute approximate surface area is 330 Å². The van der Waals surface area contributed by atoms with Crippen molar-refractivity contribution in [3.63, 3.8) is 0 Å². The molecule has 0 aromatic heterocycles. The third-order valence-electron chi connectivity index (χ3n) is 7.09. The summed E-state index contributed by atoms with van der Waals surface area (Å²) in [5.74, 6) is 0. The Balaban J connectivity index is -0.000000417. The molecule has 2 heteroatoms. The van der Waals surface area contributed by atoms with Gasteiger partial charge in [-0.15, -0.1) is 0 Å². The van der Waals surface area contributed by atoms with Crippen LogP contribution >= 0.6 is 15.9 Å². The van der Waals surface area contributed by atoms with Crippen molar-refractivity contribution in [3.8, 4) is 22.3 Å². The summed E-state index contributed by atoms with van der Waals surface area (Å²) in [6, 6.07) is 34.2. The van der Waals surface area contributed by atoms with Crippen molar-refractivity contribution in [3.05, 3.63) is 113 Å². The maximum absolute atomic E-state index is 5.80. The molecule has 4 aromatic carbocycles. The van der Waals surface area contributed by atoms with Crippen molar-refractivity contribution >= 4 is 29.2 Å². The second-order valence-corrected chi connectivity index (χ2v) is 12.9. The van der Waals surface area contributed by atoms with Crippen LogP contribution in [0, 0.1) is 0 Å². The van der Waals surface area contributed by atoms with Crippen LogP contribution in [0.15, 0.2) is 102 Å². The van der Waals surface area contributed by atoms with Crippen LogP contribution in [-0.2, 0) is 5.41 Å². The predicted octanol–water partition coefficient (Wildman–Crippen LogP) is 17.2. The predicted molar refractivity (Wildman–Crippen MR) is 245 cm³/mol. The minimum absolute atomic E-state index is 0.0715. The van der Waals surface area contributed by atoms with Crippen molar-refractivity contribution in [1.82, 2.24) is 0 Å². The van der Waals surface area contributed by atoms with Crippen LogP contribution in [0.2, 0.25) is 0 Å².